The topological polar surface area (TPSA) is 43.1 Å². The fourth-order valence-corrected chi connectivity index (χ4v) is 0.628. The van der Waals surface area contributed by atoms with Crippen molar-refractivity contribution in [3.63, 3.8) is 0 Å². The number of nitro groups is 1. The molecule has 0 aliphatic heterocycles. The molecule has 0 fully saturated rings. The summed E-state index contributed by atoms with van der Waals surface area (Å²) in [6.07, 6.45) is 3.00. The van der Waals surface area contributed by atoms with Crippen LogP contribution in [0.1, 0.15) is 13.8 Å². The summed E-state index contributed by atoms with van der Waals surface area (Å²) in [7, 11) is 0. The Bertz CT molecular complexity index is 231. The van der Waals surface area contributed by atoms with E-state index in [2.05, 4.69) is 17.0 Å². The first kappa shape index (κ1) is 10.3. The molecule has 0 N–H and O–H groups in total. The van der Waals surface area contributed by atoms with Gasteiger partial charge in [0.05, 0.1) is 0 Å². The van der Waals surface area contributed by atoms with E-state index in [4.69, 9.17) is 0 Å². The van der Waals surface area contributed by atoms with Crippen LogP contribution in [0.5, 0.6) is 0 Å². The van der Waals surface area contributed by atoms with Crippen LogP contribution in [0.25, 0.3) is 0 Å². The molecule has 0 rings (SSSR count). The van der Waals surface area contributed by atoms with E-state index in [1.54, 1.807) is 11.7 Å². The summed E-state index contributed by atoms with van der Waals surface area (Å²) in [5.74, 6) is 0. The molecular weight excluding hydrogens is 181 g/mol. The van der Waals surface area contributed by atoms with Crippen LogP contribution in [0.15, 0.2) is 23.4 Å². The van der Waals surface area contributed by atoms with Gasteiger partial charge in [0.15, 0.2) is 0 Å². The Morgan fingerprint density at radius 3 is 2.45 bits per heavy atom. The summed E-state index contributed by atoms with van der Waals surface area (Å²) in [4.78, 5) is 9.85. The number of hydrogen-bond acceptors (Lipinski definition) is 2. The number of hydrogen-bond donors (Lipinski definition) is 0. The van der Waals surface area contributed by atoms with Crippen molar-refractivity contribution in [1.82, 2.24) is 0 Å². The minimum absolute atomic E-state index is 0.129. The van der Waals surface area contributed by atoms with Gasteiger partial charge in [-0.25, -0.2) is 0 Å². The van der Waals surface area contributed by atoms with Gasteiger partial charge >= 0.3 is 74.0 Å². The first-order valence-corrected chi connectivity index (χ1v) is 3.89. The average molecular weight is 190 g/mol. The van der Waals surface area contributed by atoms with E-state index in [0.29, 0.717) is 0 Å². The summed E-state index contributed by atoms with van der Waals surface area (Å²) >= 11 is 2.26. The maximum atomic E-state index is 10.3. The zero-order valence-electron chi connectivity index (χ0n) is 6.44. The van der Waals surface area contributed by atoms with Crippen LogP contribution < -0.4 is 0 Å². The van der Waals surface area contributed by atoms with Gasteiger partial charge in [0.1, 0.15) is 0 Å². The van der Waals surface area contributed by atoms with Gasteiger partial charge in [-0.15, -0.1) is 0 Å². The van der Waals surface area contributed by atoms with Gasteiger partial charge < -0.3 is 0 Å². The Kier molecular flexibility index (Phi) is 4.74. The molecule has 4 heteroatoms. The zero-order chi connectivity index (χ0) is 8.85. The second-order valence-corrected chi connectivity index (χ2v) is 2.39. The molecule has 0 aliphatic rings. The van der Waals surface area contributed by atoms with Crippen molar-refractivity contribution in [3.05, 3.63) is 33.5 Å². The second-order valence-electron chi connectivity index (χ2n) is 1.99. The fourth-order valence-electron chi connectivity index (χ4n) is 0.512. The van der Waals surface area contributed by atoms with Crippen LogP contribution in [0.2, 0.25) is 0 Å². The van der Waals surface area contributed by atoms with E-state index in [1.165, 1.54) is 12.2 Å². The van der Waals surface area contributed by atoms with Gasteiger partial charge in [-0.2, -0.15) is 0 Å². The van der Waals surface area contributed by atoms with Gasteiger partial charge in [-0.3, -0.25) is 0 Å². The number of rotatable bonds is 3. The van der Waals surface area contributed by atoms with Crippen molar-refractivity contribution in [2.24, 2.45) is 0 Å². The predicted octanol–water partition coefficient (Wildman–Crippen LogP) is 1.46. The Hall–Kier alpha value is -0.666. The molecule has 0 saturated heterocycles. The molecule has 0 aromatic heterocycles. The van der Waals surface area contributed by atoms with E-state index in [-0.39, 0.29) is 5.70 Å². The van der Waals surface area contributed by atoms with Crippen molar-refractivity contribution in [1.29, 1.82) is 0 Å². The molecular formula is C7H9NO2V. The van der Waals surface area contributed by atoms with Crippen LogP contribution in [0.3, 0.4) is 0 Å². The van der Waals surface area contributed by atoms with Crippen molar-refractivity contribution in [2.75, 3.05) is 0 Å². The van der Waals surface area contributed by atoms with E-state index in [0.717, 1.165) is 5.57 Å². The van der Waals surface area contributed by atoms with Crippen LogP contribution in [0, 0.1) is 10.1 Å². The molecule has 0 radical (unpaired) electrons. The molecule has 59 valence electrons. The molecule has 0 heterocycles. The number of allylic oxidation sites excluding steroid dienone is 3. The van der Waals surface area contributed by atoms with Crippen LogP contribution in [-0.2, 0) is 17.0 Å². The zero-order valence-corrected chi connectivity index (χ0v) is 7.84. The standard InChI is InChI=1S/C7H9NO2.V/c1-4-7(8(9)10)5-6(2)3;/h2,4-5H,1,3H3;/b6-5+,7-4?;. The van der Waals surface area contributed by atoms with Crippen molar-refractivity contribution < 1.29 is 21.9 Å². The molecule has 11 heavy (non-hydrogen) atoms. The Morgan fingerprint density at radius 1 is 1.64 bits per heavy atom. The fraction of sp³-hybridized carbons (Fsp3) is 0.286. The molecule has 0 aliphatic carbocycles. The summed E-state index contributed by atoms with van der Waals surface area (Å²) in [5, 5.41) is 10.3. The molecule has 0 amide bonds. The number of nitrogens with zero attached hydrogens (tertiary/aromatic N) is 1. The molecule has 3 nitrogen and oxygen atoms in total. The average Bonchev–Trinajstić information content (AvgIpc) is 1.99. The third-order valence-electron chi connectivity index (χ3n) is 1.09. The first-order chi connectivity index (χ1) is 5.11. The Balaban J connectivity index is 4.57. The summed E-state index contributed by atoms with van der Waals surface area (Å²) < 4.78 is 1.76. The predicted molar refractivity (Wildman–Crippen MR) is 40.6 cm³/mol. The molecule has 0 unspecified atom stereocenters. The normalized spacial score (nSPS) is 12.8. The molecule has 0 aromatic rings. The van der Waals surface area contributed by atoms with E-state index in [9.17, 15) is 10.1 Å². The maximum absolute atomic E-state index is 10.3. The van der Waals surface area contributed by atoms with Gasteiger partial charge in [0, 0.05) is 0 Å². The monoisotopic (exact) mass is 190 g/mol. The van der Waals surface area contributed by atoms with Crippen LogP contribution in [0.4, 0.5) is 0 Å². The van der Waals surface area contributed by atoms with E-state index >= 15 is 0 Å². The molecule has 0 bridgehead atoms. The van der Waals surface area contributed by atoms with Gasteiger partial charge in [0.2, 0.25) is 0 Å². The van der Waals surface area contributed by atoms with Crippen LogP contribution in [-0.4, -0.2) is 9.65 Å². The van der Waals surface area contributed by atoms with E-state index in [1.807, 2.05) is 6.92 Å². The Morgan fingerprint density at radius 2 is 2.18 bits per heavy atom. The molecule has 0 spiro atoms. The third-order valence-corrected chi connectivity index (χ3v) is 1.72. The molecule has 0 atom stereocenters. The van der Waals surface area contributed by atoms with Crippen molar-refractivity contribution in [3.8, 4) is 0 Å². The Labute approximate surface area is 74.4 Å². The van der Waals surface area contributed by atoms with Gasteiger partial charge in [-0.1, -0.05) is 0 Å². The third kappa shape index (κ3) is 3.91. The molecule has 0 aromatic carbocycles. The quantitative estimate of drug-likeness (QED) is 0.384. The minimum atomic E-state index is -0.403. The van der Waals surface area contributed by atoms with Crippen LogP contribution >= 0.6 is 0 Å². The van der Waals surface area contributed by atoms with Gasteiger partial charge in [-0.05, 0) is 0 Å². The first-order valence-electron chi connectivity index (χ1n) is 3.08. The summed E-state index contributed by atoms with van der Waals surface area (Å²) in [5.41, 5.74) is 1.000. The summed E-state index contributed by atoms with van der Waals surface area (Å²) in [6, 6.07) is 0. The van der Waals surface area contributed by atoms with Crippen molar-refractivity contribution in [2.45, 2.75) is 13.8 Å². The SMILES string of the molecule is CC=C(/C=C(/C)[CH]=[V])[N+](=O)[O-]. The molecule has 0 saturated carbocycles. The second kappa shape index (κ2) is 5.05. The van der Waals surface area contributed by atoms with Crippen molar-refractivity contribution >= 4 is 4.73 Å². The van der Waals surface area contributed by atoms with Gasteiger partial charge in [0.25, 0.3) is 0 Å². The summed E-state index contributed by atoms with van der Waals surface area (Å²) in [6.45, 7) is 3.46. The van der Waals surface area contributed by atoms with E-state index < -0.39 is 4.92 Å².